The molecule has 0 saturated heterocycles. The van der Waals surface area contributed by atoms with E-state index >= 15 is 0 Å². The lowest BCUT2D eigenvalue weighted by Crippen LogP contribution is -2.29. The van der Waals surface area contributed by atoms with E-state index in [0.29, 0.717) is 28.2 Å². The summed E-state index contributed by atoms with van der Waals surface area (Å²) in [6.45, 7) is 0.00580. The summed E-state index contributed by atoms with van der Waals surface area (Å²) in [6.07, 6.45) is 0. The van der Waals surface area contributed by atoms with Gasteiger partial charge in [-0.3, -0.25) is 14.4 Å². The first-order valence-electron chi connectivity index (χ1n) is 6.97. The maximum absolute atomic E-state index is 12.2. The second-order valence-corrected chi connectivity index (χ2v) is 4.90. The van der Waals surface area contributed by atoms with E-state index in [1.807, 2.05) is 0 Å². The number of methoxy groups -OCH3 is 2. The molecule has 1 aliphatic heterocycles. The van der Waals surface area contributed by atoms with E-state index in [0.717, 1.165) is 5.06 Å². The third kappa shape index (κ3) is 2.64. The minimum Gasteiger partial charge on any atom is -0.497 e. The van der Waals surface area contributed by atoms with E-state index < -0.39 is 11.8 Å². The molecular weight excluding hydrogens is 298 g/mol. The molecule has 0 aromatic heterocycles. The monoisotopic (exact) mass is 313 g/mol. The fraction of sp³-hybridized carbons (Fsp3) is 0.176. The minimum atomic E-state index is -0.465. The molecule has 0 N–H and O–H groups in total. The average Bonchev–Trinajstić information content (AvgIpc) is 2.84. The van der Waals surface area contributed by atoms with Gasteiger partial charge in [-0.1, -0.05) is 12.1 Å². The van der Waals surface area contributed by atoms with E-state index in [4.69, 9.17) is 14.3 Å². The Morgan fingerprint density at radius 2 is 1.57 bits per heavy atom. The Bertz CT molecular complexity index is 736. The summed E-state index contributed by atoms with van der Waals surface area (Å²) in [4.78, 5) is 29.9. The predicted octanol–water partition coefficient (Wildman–Crippen LogP) is 2.43. The van der Waals surface area contributed by atoms with E-state index in [1.165, 1.54) is 7.11 Å². The van der Waals surface area contributed by atoms with Crippen LogP contribution in [0.1, 0.15) is 26.3 Å². The smallest absolute Gasteiger partial charge is 0.285 e. The standard InChI is InChI=1S/C17H15NO5/c1-21-12-7-8-15(22-2)11(9-12)10-23-18-16(19)13-5-3-4-6-14(13)17(18)20/h3-9H,10H2,1-2H3. The summed E-state index contributed by atoms with van der Waals surface area (Å²) < 4.78 is 10.4. The van der Waals surface area contributed by atoms with Gasteiger partial charge in [-0.05, 0) is 30.3 Å². The normalized spacial score (nSPS) is 13.2. The number of hydroxylamine groups is 2. The number of nitrogens with zero attached hydrogens (tertiary/aromatic N) is 1. The zero-order valence-electron chi connectivity index (χ0n) is 12.7. The van der Waals surface area contributed by atoms with Crippen LogP contribution in [0, 0.1) is 0 Å². The number of carbonyl (C=O) groups is 2. The Kier molecular flexibility index (Phi) is 3.99. The second-order valence-electron chi connectivity index (χ2n) is 4.90. The number of hydrogen-bond acceptors (Lipinski definition) is 5. The number of benzene rings is 2. The van der Waals surface area contributed by atoms with Crippen molar-refractivity contribution < 1.29 is 23.9 Å². The van der Waals surface area contributed by atoms with Crippen molar-refractivity contribution >= 4 is 11.8 Å². The number of ether oxygens (including phenoxy) is 2. The van der Waals surface area contributed by atoms with Gasteiger partial charge in [-0.15, -0.1) is 5.06 Å². The summed E-state index contributed by atoms with van der Waals surface area (Å²) >= 11 is 0. The highest BCUT2D eigenvalue weighted by Crippen LogP contribution is 2.27. The highest BCUT2D eigenvalue weighted by molar-refractivity contribution is 6.20. The van der Waals surface area contributed by atoms with E-state index in [1.54, 1.807) is 49.6 Å². The molecular formula is C17H15NO5. The third-order valence-corrected chi connectivity index (χ3v) is 3.59. The molecule has 6 heteroatoms. The van der Waals surface area contributed by atoms with Gasteiger partial charge in [0.05, 0.1) is 25.3 Å². The van der Waals surface area contributed by atoms with Gasteiger partial charge in [0.1, 0.15) is 18.1 Å². The molecule has 6 nitrogen and oxygen atoms in total. The molecule has 0 spiro atoms. The van der Waals surface area contributed by atoms with Gasteiger partial charge >= 0.3 is 0 Å². The van der Waals surface area contributed by atoms with Gasteiger partial charge in [-0.25, -0.2) is 0 Å². The van der Waals surface area contributed by atoms with E-state index in [9.17, 15) is 9.59 Å². The van der Waals surface area contributed by atoms with Crippen LogP contribution >= 0.6 is 0 Å². The molecule has 2 aromatic carbocycles. The van der Waals surface area contributed by atoms with Crippen LogP contribution in [-0.4, -0.2) is 31.1 Å². The summed E-state index contributed by atoms with van der Waals surface area (Å²) in [7, 11) is 3.09. The predicted molar refractivity (Wildman–Crippen MR) is 81.3 cm³/mol. The van der Waals surface area contributed by atoms with Gasteiger partial charge in [-0.2, -0.15) is 0 Å². The molecule has 0 aliphatic carbocycles. The van der Waals surface area contributed by atoms with Crippen molar-refractivity contribution in [2.45, 2.75) is 6.61 Å². The van der Waals surface area contributed by atoms with Crippen LogP contribution in [0.2, 0.25) is 0 Å². The molecule has 3 rings (SSSR count). The quantitative estimate of drug-likeness (QED) is 0.793. The van der Waals surface area contributed by atoms with Crippen LogP contribution in [0.5, 0.6) is 11.5 Å². The zero-order chi connectivity index (χ0) is 16.4. The first-order chi connectivity index (χ1) is 11.2. The van der Waals surface area contributed by atoms with Crippen LogP contribution < -0.4 is 9.47 Å². The molecule has 0 atom stereocenters. The minimum absolute atomic E-state index is 0.00580. The number of rotatable bonds is 5. The summed E-state index contributed by atoms with van der Waals surface area (Å²) in [6, 6.07) is 11.8. The molecule has 2 amide bonds. The first kappa shape index (κ1) is 15.1. The molecule has 1 heterocycles. The molecule has 23 heavy (non-hydrogen) atoms. The SMILES string of the molecule is COc1ccc(OC)c(CON2C(=O)c3ccccc3C2=O)c1. The summed E-state index contributed by atoms with van der Waals surface area (Å²) in [5.74, 6) is 0.286. The van der Waals surface area contributed by atoms with Gasteiger partial charge in [0, 0.05) is 5.56 Å². The Morgan fingerprint density at radius 1 is 0.913 bits per heavy atom. The Hall–Kier alpha value is -2.86. The van der Waals surface area contributed by atoms with Gasteiger partial charge < -0.3 is 9.47 Å². The molecule has 0 radical (unpaired) electrons. The lowest BCUT2D eigenvalue weighted by atomic mass is 10.1. The number of imide groups is 1. The maximum Gasteiger partial charge on any atom is 0.285 e. The number of fused-ring (bicyclic) bond motifs is 1. The fourth-order valence-corrected chi connectivity index (χ4v) is 2.41. The Morgan fingerprint density at radius 3 is 2.13 bits per heavy atom. The zero-order valence-corrected chi connectivity index (χ0v) is 12.7. The summed E-state index contributed by atoms with van der Waals surface area (Å²) in [5, 5.41) is 0.781. The van der Waals surface area contributed by atoms with Crippen molar-refractivity contribution in [3.05, 3.63) is 59.2 Å². The highest BCUT2D eigenvalue weighted by atomic mass is 16.7. The topological polar surface area (TPSA) is 65.1 Å². The second kappa shape index (κ2) is 6.10. The van der Waals surface area contributed by atoms with Crippen molar-refractivity contribution in [2.24, 2.45) is 0 Å². The lowest BCUT2D eigenvalue weighted by molar-refractivity contribution is -0.101. The molecule has 0 bridgehead atoms. The molecule has 0 fully saturated rings. The van der Waals surface area contributed by atoms with Crippen molar-refractivity contribution in [3.8, 4) is 11.5 Å². The van der Waals surface area contributed by atoms with Crippen LogP contribution in [0.15, 0.2) is 42.5 Å². The highest BCUT2D eigenvalue weighted by Gasteiger charge is 2.36. The maximum atomic E-state index is 12.2. The number of amides is 2. The molecule has 2 aromatic rings. The van der Waals surface area contributed by atoms with Crippen molar-refractivity contribution in [3.63, 3.8) is 0 Å². The molecule has 1 aliphatic rings. The van der Waals surface area contributed by atoms with Crippen molar-refractivity contribution in [2.75, 3.05) is 14.2 Å². The number of hydrogen-bond donors (Lipinski definition) is 0. The fourth-order valence-electron chi connectivity index (χ4n) is 2.41. The molecule has 118 valence electrons. The largest absolute Gasteiger partial charge is 0.497 e. The Balaban J connectivity index is 1.80. The molecule has 0 unspecified atom stereocenters. The van der Waals surface area contributed by atoms with Crippen LogP contribution in [-0.2, 0) is 11.4 Å². The average molecular weight is 313 g/mol. The van der Waals surface area contributed by atoms with Crippen molar-refractivity contribution in [1.29, 1.82) is 0 Å². The van der Waals surface area contributed by atoms with Gasteiger partial charge in [0.2, 0.25) is 0 Å². The van der Waals surface area contributed by atoms with Crippen LogP contribution in [0.3, 0.4) is 0 Å². The Labute approximate surface area is 133 Å². The number of carbonyl (C=O) groups excluding carboxylic acids is 2. The first-order valence-corrected chi connectivity index (χ1v) is 6.97. The van der Waals surface area contributed by atoms with Crippen LogP contribution in [0.25, 0.3) is 0 Å². The van der Waals surface area contributed by atoms with E-state index in [-0.39, 0.29) is 6.61 Å². The molecule has 0 saturated carbocycles. The summed E-state index contributed by atoms with van der Waals surface area (Å²) in [5.41, 5.74) is 1.36. The third-order valence-electron chi connectivity index (χ3n) is 3.59. The van der Waals surface area contributed by atoms with Gasteiger partial charge in [0.25, 0.3) is 11.8 Å². The lowest BCUT2D eigenvalue weighted by Gasteiger charge is -2.15. The van der Waals surface area contributed by atoms with Crippen molar-refractivity contribution in [1.82, 2.24) is 5.06 Å². The van der Waals surface area contributed by atoms with E-state index in [2.05, 4.69) is 0 Å². The van der Waals surface area contributed by atoms with Crippen LogP contribution in [0.4, 0.5) is 0 Å². The van der Waals surface area contributed by atoms with Gasteiger partial charge in [0.15, 0.2) is 0 Å².